The van der Waals surface area contributed by atoms with E-state index in [9.17, 15) is 4.79 Å². The minimum atomic E-state index is -0.521. The van der Waals surface area contributed by atoms with Crippen LogP contribution in [0, 0.1) is 0 Å². The van der Waals surface area contributed by atoms with Crippen LogP contribution in [0.4, 0.5) is 0 Å². The highest BCUT2D eigenvalue weighted by Gasteiger charge is 2.19. The molecule has 110 valence electrons. The van der Waals surface area contributed by atoms with Gasteiger partial charge in [-0.15, -0.1) is 0 Å². The third-order valence-corrected chi connectivity index (χ3v) is 3.49. The molecule has 0 aromatic heterocycles. The van der Waals surface area contributed by atoms with Crippen molar-refractivity contribution in [2.75, 3.05) is 6.61 Å². The summed E-state index contributed by atoms with van der Waals surface area (Å²) in [6, 6.07) is 14.4. The zero-order chi connectivity index (χ0) is 15.3. The van der Waals surface area contributed by atoms with Gasteiger partial charge >= 0.3 is 5.97 Å². The zero-order valence-electron chi connectivity index (χ0n) is 12.5. The lowest BCUT2D eigenvalue weighted by atomic mass is 9.88. The first-order valence-corrected chi connectivity index (χ1v) is 7.14. The molecule has 0 saturated carbocycles. The van der Waals surface area contributed by atoms with E-state index in [1.165, 1.54) is 16.8 Å². The van der Waals surface area contributed by atoms with Crippen LogP contribution < -0.4 is 5.73 Å². The fraction of sp³-hybridized carbons (Fsp3) is 0.278. The van der Waals surface area contributed by atoms with E-state index in [0.29, 0.717) is 13.0 Å². The number of nitrogens with two attached hydrogens (primary N) is 1. The van der Waals surface area contributed by atoms with Crippen molar-refractivity contribution >= 4 is 16.7 Å². The molecule has 0 saturated heterocycles. The van der Waals surface area contributed by atoms with Crippen LogP contribution in [-0.2, 0) is 15.1 Å². The molecule has 0 spiro atoms. The van der Waals surface area contributed by atoms with Gasteiger partial charge in [0.15, 0.2) is 0 Å². The molecule has 3 nitrogen and oxygen atoms in total. The summed E-state index contributed by atoms with van der Waals surface area (Å²) in [6.07, 6.45) is 3.78. The largest absolute Gasteiger partial charge is 0.463 e. The molecule has 21 heavy (non-hydrogen) atoms. The molecule has 2 rings (SSSR count). The Morgan fingerprint density at radius 3 is 2.67 bits per heavy atom. The van der Waals surface area contributed by atoms with Crippen LogP contribution in [-0.4, -0.2) is 12.6 Å². The van der Waals surface area contributed by atoms with Gasteiger partial charge in [0.25, 0.3) is 0 Å². The molecule has 0 heterocycles. The average molecular weight is 283 g/mol. The van der Waals surface area contributed by atoms with Gasteiger partial charge in [0.2, 0.25) is 0 Å². The van der Waals surface area contributed by atoms with Gasteiger partial charge in [0.1, 0.15) is 0 Å². The van der Waals surface area contributed by atoms with Gasteiger partial charge < -0.3 is 10.5 Å². The molecule has 2 N–H and O–H groups in total. The second kappa shape index (κ2) is 6.55. The Balaban J connectivity index is 2.15. The Bertz CT molecular complexity index is 659. The summed E-state index contributed by atoms with van der Waals surface area (Å²) < 4.78 is 4.85. The average Bonchev–Trinajstić information content (AvgIpc) is 2.47. The molecular weight excluding hydrogens is 262 g/mol. The van der Waals surface area contributed by atoms with Crippen molar-refractivity contribution in [3.8, 4) is 0 Å². The van der Waals surface area contributed by atoms with Gasteiger partial charge in [-0.3, -0.25) is 0 Å². The molecule has 1 unspecified atom stereocenters. The van der Waals surface area contributed by atoms with Gasteiger partial charge in [-0.05, 0) is 42.7 Å². The molecule has 0 aliphatic rings. The normalized spacial score (nSPS) is 14.2. The number of fused-ring (bicyclic) bond motifs is 1. The highest BCUT2D eigenvalue weighted by atomic mass is 16.5. The van der Waals surface area contributed by atoms with Gasteiger partial charge in [-0.1, -0.05) is 42.5 Å². The molecule has 2 aromatic rings. The van der Waals surface area contributed by atoms with E-state index in [1.54, 1.807) is 13.0 Å². The molecule has 1 atom stereocenters. The molecular formula is C18H21NO2. The maximum absolute atomic E-state index is 11.3. The third kappa shape index (κ3) is 3.92. The van der Waals surface area contributed by atoms with Crippen molar-refractivity contribution in [3.63, 3.8) is 0 Å². The lowest BCUT2D eigenvalue weighted by Crippen LogP contribution is -2.32. The fourth-order valence-corrected chi connectivity index (χ4v) is 2.25. The molecule has 3 heteroatoms. The number of carbonyl (C=O) groups excluding carboxylic acids is 1. The summed E-state index contributed by atoms with van der Waals surface area (Å²) in [7, 11) is 0. The Labute approximate surface area is 125 Å². The number of hydrogen-bond acceptors (Lipinski definition) is 3. The second-order valence-corrected chi connectivity index (χ2v) is 5.34. The minimum absolute atomic E-state index is 0.327. The van der Waals surface area contributed by atoms with E-state index < -0.39 is 5.54 Å². The van der Waals surface area contributed by atoms with Crippen LogP contribution >= 0.6 is 0 Å². The first-order valence-electron chi connectivity index (χ1n) is 7.14. The topological polar surface area (TPSA) is 52.3 Å². The van der Waals surface area contributed by atoms with Crippen molar-refractivity contribution in [2.45, 2.75) is 25.8 Å². The van der Waals surface area contributed by atoms with Crippen molar-refractivity contribution < 1.29 is 9.53 Å². The fourth-order valence-electron chi connectivity index (χ4n) is 2.25. The molecule has 0 aliphatic carbocycles. The van der Waals surface area contributed by atoms with E-state index >= 15 is 0 Å². The lowest BCUT2D eigenvalue weighted by molar-refractivity contribution is -0.137. The summed E-state index contributed by atoms with van der Waals surface area (Å²) >= 11 is 0. The highest BCUT2D eigenvalue weighted by Crippen LogP contribution is 2.26. The van der Waals surface area contributed by atoms with Gasteiger partial charge in [-0.25, -0.2) is 4.79 Å². The van der Waals surface area contributed by atoms with Crippen molar-refractivity contribution in [2.24, 2.45) is 5.73 Å². The molecule has 2 aromatic carbocycles. The van der Waals surface area contributed by atoms with Gasteiger partial charge in [-0.2, -0.15) is 0 Å². The van der Waals surface area contributed by atoms with Crippen molar-refractivity contribution in [3.05, 3.63) is 60.2 Å². The summed E-state index contributed by atoms with van der Waals surface area (Å²) in [5, 5.41) is 2.36. The molecule has 0 bridgehead atoms. The smallest absolute Gasteiger partial charge is 0.330 e. The van der Waals surface area contributed by atoms with Crippen LogP contribution in [0.5, 0.6) is 0 Å². The minimum Gasteiger partial charge on any atom is -0.463 e. The quantitative estimate of drug-likeness (QED) is 0.674. The number of carbonyl (C=O) groups is 1. The van der Waals surface area contributed by atoms with E-state index in [2.05, 4.69) is 24.3 Å². The Hall–Kier alpha value is -2.13. The second-order valence-electron chi connectivity index (χ2n) is 5.34. The third-order valence-electron chi connectivity index (χ3n) is 3.49. The Morgan fingerprint density at radius 1 is 1.24 bits per heavy atom. The number of esters is 1. The SMILES string of the molecule is CCOC(=O)C=CCC(C)(N)c1ccc2ccccc2c1. The number of rotatable bonds is 5. The van der Waals surface area contributed by atoms with Gasteiger partial charge in [0, 0.05) is 11.6 Å². The molecule has 0 radical (unpaired) electrons. The zero-order valence-corrected chi connectivity index (χ0v) is 12.5. The highest BCUT2D eigenvalue weighted by molar-refractivity contribution is 5.83. The standard InChI is InChI=1S/C18H21NO2/c1-3-21-17(20)9-6-12-18(2,19)16-11-10-14-7-4-5-8-15(14)13-16/h4-11,13H,3,12,19H2,1-2H3. The Morgan fingerprint density at radius 2 is 1.95 bits per heavy atom. The van der Waals surface area contributed by atoms with E-state index in [4.69, 9.17) is 10.5 Å². The number of hydrogen-bond donors (Lipinski definition) is 1. The van der Waals surface area contributed by atoms with E-state index in [1.807, 2.05) is 25.1 Å². The summed E-state index contributed by atoms with van der Waals surface area (Å²) in [5.41, 5.74) is 6.92. The monoisotopic (exact) mass is 283 g/mol. The van der Waals surface area contributed by atoms with Crippen LogP contribution in [0.25, 0.3) is 10.8 Å². The lowest BCUT2D eigenvalue weighted by Gasteiger charge is -2.24. The number of benzene rings is 2. The summed E-state index contributed by atoms with van der Waals surface area (Å²) in [5.74, 6) is -0.327. The summed E-state index contributed by atoms with van der Waals surface area (Å²) in [6.45, 7) is 4.13. The summed E-state index contributed by atoms with van der Waals surface area (Å²) in [4.78, 5) is 11.3. The van der Waals surface area contributed by atoms with Crippen LogP contribution in [0.3, 0.4) is 0 Å². The van der Waals surface area contributed by atoms with Crippen molar-refractivity contribution in [1.29, 1.82) is 0 Å². The van der Waals surface area contributed by atoms with Crippen LogP contribution in [0.1, 0.15) is 25.8 Å². The molecule has 0 amide bonds. The Kier molecular flexibility index (Phi) is 4.76. The van der Waals surface area contributed by atoms with Crippen LogP contribution in [0.15, 0.2) is 54.6 Å². The molecule has 0 fully saturated rings. The first-order chi connectivity index (χ1) is 10.0. The number of ether oxygens (including phenoxy) is 1. The van der Waals surface area contributed by atoms with E-state index in [0.717, 1.165) is 5.56 Å². The maximum atomic E-state index is 11.3. The predicted octanol–water partition coefficient (Wildman–Crippen LogP) is 3.52. The maximum Gasteiger partial charge on any atom is 0.330 e. The van der Waals surface area contributed by atoms with Gasteiger partial charge in [0.05, 0.1) is 6.61 Å². The van der Waals surface area contributed by atoms with E-state index in [-0.39, 0.29) is 5.97 Å². The first kappa shape index (κ1) is 15.3. The predicted molar refractivity (Wildman–Crippen MR) is 85.9 cm³/mol. The van der Waals surface area contributed by atoms with Crippen molar-refractivity contribution in [1.82, 2.24) is 0 Å². The van der Waals surface area contributed by atoms with Crippen LogP contribution in [0.2, 0.25) is 0 Å². The molecule has 0 aliphatic heterocycles.